The number of carbonyl (C=O) groups is 1. The summed E-state index contributed by atoms with van der Waals surface area (Å²) in [7, 11) is 0. The van der Waals surface area contributed by atoms with Gasteiger partial charge in [-0.05, 0) is 38.1 Å². The standard InChI is InChI=1S/C19H20N4O3S/c1-12-9-18(21-13(2)20-12)25-14-5-3-7-23(11-14)19(24)15-10-16(26-22-15)17-6-4-8-27-17/h4,6,8-10,14H,3,5,7,11H2,1-2H3. The van der Waals surface area contributed by atoms with Gasteiger partial charge >= 0.3 is 0 Å². The molecule has 1 fully saturated rings. The molecule has 1 atom stereocenters. The van der Waals surface area contributed by atoms with Crippen molar-refractivity contribution in [1.82, 2.24) is 20.0 Å². The van der Waals surface area contributed by atoms with Gasteiger partial charge in [0.05, 0.1) is 11.4 Å². The fraction of sp³-hybridized carbons (Fsp3) is 0.368. The van der Waals surface area contributed by atoms with Crippen molar-refractivity contribution in [3.63, 3.8) is 0 Å². The summed E-state index contributed by atoms with van der Waals surface area (Å²) in [5, 5.41) is 5.92. The quantitative estimate of drug-likeness (QED) is 0.685. The molecule has 3 aromatic heterocycles. The van der Waals surface area contributed by atoms with Gasteiger partial charge in [0.1, 0.15) is 11.9 Å². The topological polar surface area (TPSA) is 81.4 Å². The molecule has 140 valence electrons. The lowest BCUT2D eigenvalue weighted by Crippen LogP contribution is -2.44. The molecule has 0 N–H and O–H groups in total. The summed E-state index contributed by atoms with van der Waals surface area (Å²) in [6, 6.07) is 7.40. The average Bonchev–Trinajstić information content (AvgIpc) is 3.32. The highest BCUT2D eigenvalue weighted by molar-refractivity contribution is 7.13. The van der Waals surface area contributed by atoms with Crippen molar-refractivity contribution in [2.45, 2.75) is 32.8 Å². The monoisotopic (exact) mass is 384 g/mol. The second-order valence-electron chi connectivity index (χ2n) is 6.58. The molecule has 1 saturated heterocycles. The lowest BCUT2D eigenvalue weighted by molar-refractivity contribution is 0.0518. The largest absolute Gasteiger partial charge is 0.472 e. The van der Waals surface area contributed by atoms with Gasteiger partial charge in [0.15, 0.2) is 11.5 Å². The van der Waals surface area contributed by atoms with Gasteiger partial charge in [-0.1, -0.05) is 11.2 Å². The second-order valence-corrected chi connectivity index (χ2v) is 7.53. The first-order valence-electron chi connectivity index (χ1n) is 8.87. The number of nitrogens with zero attached hydrogens (tertiary/aromatic N) is 4. The Morgan fingerprint density at radius 2 is 2.22 bits per heavy atom. The Kier molecular flexibility index (Phi) is 4.89. The van der Waals surface area contributed by atoms with Crippen molar-refractivity contribution < 1.29 is 14.1 Å². The first-order chi connectivity index (χ1) is 13.1. The molecule has 1 unspecified atom stereocenters. The lowest BCUT2D eigenvalue weighted by Gasteiger charge is -2.32. The van der Waals surface area contributed by atoms with Gasteiger partial charge in [-0.15, -0.1) is 11.3 Å². The molecule has 7 nitrogen and oxygen atoms in total. The van der Waals surface area contributed by atoms with E-state index in [0.29, 0.717) is 36.2 Å². The SMILES string of the molecule is Cc1cc(OC2CCCN(C(=O)c3cc(-c4cccs4)on3)C2)nc(C)n1. The van der Waals surface area contributed by atoms with Crippen LogP contribution >= 0.6 is 11.3 Å². The maximum absolute atomic E-state index is 12.8. The number of rotatable bonds is 4. The van der Waals surface area contributed by atoms with E-state index < -0.39 is 0 Å². The van der Waals surface area contributed by atoms with Gasteiger partial charge in [-0.2, -0.15) is 4.98 Å². The molecule has 1 aliphatic rings. The van der Waals surface area contributed by atoms with E-state index in [4.69, 9.17) is 9.26 Å². The Labute approximate surface area is 161 Å². The highest BCUT2D eigenvalue weighted by Crippen LogP contribution is 2.26. The van der Waals surface area contributed by atoms with Crippen molar-refractivity contribution >= 4 is 17.2 Å². The summed E-state index contributed by atoms with van der Waals surface area (Å²) in [6.45, 7) is 4.93. The number of likely N-dealkylation sites (tertiary alicyclic amines) is 1. The summed E-state index contributed by atoms with van der Waals surface area (Å²) >= 11 is 1.55. The van der Waals surface area contributed by atoms with Gasteiger partial charge < -0.3 is 14.2 Å². The Hall–Kier alpha value is -2.74. The molecule has 0 aromatic carbocycles. The number of hydrogen-bond acceptors (Lipinski definition) is 7. The van der Waals surface area contributed by atoms with E-state index in [9.17, 15) is 4.79 Å². The zero-order valence-electron chi connectivity index (χ0n) is 15.2. The van der Waals surface area contributed by atoms with Crippen LogP contribution in [-0.2, 0) is 0 Å². The van der Waals surface area contributed by atoms with Crippen LogP contribution in [0.4, 0.5) is 0 Å². The highest BCUT2D eigenvalue weighted by atomic mass is 32.1. The van der Waals surface area contributed by atoms with Gasteiger partial charge in [-0.25, -0.2) is 4.98 Å². The smallest absolute Gasteiger partial charge is 0.276 e. The summed E-state index contributed by atoms with van der Waals surface area (Å²) < 4.78 is 11.3. The van der Waals surface area contributed by atoms with Gasteiger partial charge in [0, 0.05) is 24.4 Å². The summed E-state index contributed by atoms with van der Waals surface area (Å²) in [4.78, 5) is 24.1. The number of amides is 1. The van der Waals surface area contributed by atoms with Crippen molar-refractivity contribution in [1.29, 1.82) is 0 Å². The van der Waals surface area contributed by atoms with Crippen LogP contribution in [0.25, 0.3) is 10.6 Å². The molecule has 1 amide bonds. The average molecular weight is 384 g/mol. The minimum Gasteiger partial charge on any atom is -0.472 e. The van der Waals surface area contributed by atoms with E-state index >= 15 is 0 Å². The Bertz CT molecular complexity index is 918. The zero-order valence-corrected chi connectivity index (χ0v) is 16.0. The van der Waals surface area contributed by atoms with Crippen molar-refractivity contribution in [2.24, 2.45) is 0 Å². The van der Waals surface area contributed by atoms with E-state index in [2.05, 4.69) is 15.1 Å². The molecule has 1 aliphatic heterocycles. The van der Waals surface area contributed by atoms with E-state index in [1.807, 2.05) is 37.4 Å². The fourth-order valence-electron chi connectivity index (χ4n) is 3.21. The first-order valence-corrected chi connectivity index (χ1v) is 9.75. The third kappa shape index (κ3) is 4.00. The number of aromatic nitrogens is 3. The maximum atomic E-state index is 12.8. The number of hydrogen-bond donors (Lipinski definition) is 0. The van der Waals surface area contributed by atoms with Crippen LogP contribution in [-0.4, -0.2) is 45.1 Å². The van der Waals surface area contributed by atoms with Crippen molar-refractivity contribution in [3.05, 3.63) is 46.9 Å². The molecule has 0 aliphatic carbocycles. The molecule has 0 radical (unpaired) electrons. The molecule has 27 heavy (non-hydrogen) atoms. The van der Waals surface area contributed by atoms with Crippen LogP contribution < -0.4 is 4.74 Å². The second kappa shape index (κ2) is 7.48. The minimum atomic E-state index is -0.134. The Balaban J connectivity index is 1.44. The van der Waals surface area contributed by atoms with E-state index in [1.54, 1.807) is 22.3 Å². The number of piperidine rings is 1. The zero-order chi connectivity index (χ0) is 18.8. The van der Waals surface area contributed by atoms with Crippen LogP contribution in [0.3, 0.4) is 0 Å². The lowest BCUT2D eigenvalue weighted by atomic mass is 10.1. The molecule has 4 rings (SSSR count). The molecular formula is C19H20N4O3S. The van der Waals surface area contributed by atoms with Gasteiger partial charge in [0.25, 0.3) is 5.91 Å². The molecule has 4 heterocycles. The maximum Gasteiger partial charge on any atom is 0.276 e. The van der Waals surface area contributed by atoms with E-state index in [0.717, 1.165) is 23.4 Å². The molecular weight excluding hydrogens is 364 g/mol. The van der Waals surface area contributed by atoms with Crippen LogP contribution in [0.5, 0.6) is 5.88 Å². The predicted octanol–water partition coefficient (Wildman–Crippen LogP) is 3.49. The Morgan fingerprint density at radius 3 is 3.00 bits per heavy atom. The van der Waals surface area contributed by atoms with Crippen molar-refractivity contribution in [2.75, 3.05) is 13.1 Å². The normalized spacial score (nSPS) is 17.1. The van der Waals surface area contributed by atoms with E-state index in [-0.39, 0.29) is 12.0 Å². The number of ether oxygens (including phenoxy) is 1. The van der Waals surface area contributed by atoms with Crippen molar-refractivity contribution in [3.8, 4) is 16.5 Å². The van der Waals surface area contributed by atoms with E-state index in [1.165, 1.54) is 0 Å². The van der Waals surface area contributed by atoms with Gasteiger partial charge in [0.2, 0.25) is 5.88 Å². The highest BCUT2D eigenvalue weighted by Gasteiger charge is 2.28. The summed E-state index contributed by atoms with van der Waals surface area (Å²) in [6.07, 6.45) is 1.65. The van der Waals surface area contributed by atoms with Crippen LogP contribution in [0.15, 0.2) is 34.2 Å². The number of thiophene rings is 1. The number of aryl methyl sites for hydroxylation is 2. The number of carbonyl (C=O) groups excluding carboxylic acids is 1. The predicted molar refractivity (Wildman–Crippen MR) is 101 cm³/mol. The van der Waals surface area contributed by atoms with Gasteiger partial charge in [-0.3, -0.25) is 4.79 Å². The third-order valence-corrected chi connectivity index (χ3v) is 5.27. The fourth-order valence-corrected chi connectivity index (χ4v) is 3.88. The summed E-state index contributed by atoms with van der Waals surface area (Å²) in [5.74, 6) is 1.72. The third-order valence-electron chi connectivity index (χ3n) is 4.39. The molecule has 0 spiro atoms. The molecule has 0 bridgehead atoms. The molecule has 8 heteroatoms. The van der Waals surface area contributed by atoms with Crippen LogP contribution in [0.1, 0.15) is 34.8 Å². The molecule has 3 aromatic rings. The summed E-state index contributed by atoms with van der Waals surface area (Å²) in [5.41, 5.74) is 1.19. The van der Waals surface area contributed by atoms with Crippen LogP contribution in [0.2, 0.25) is 0 Å². The first kappa shape index (κ1) is 17.7. The Morgan fingerprint density at radius 1 is 1.33 bits per heavy atom. The minimum absolute atomic E-state index is 0.0972. The molecule has 0 saturated carbocycles. The van der Waals surface area contributed by atoms with Crippen LogP contribution in [0, 0.1) is 13.8 Å².